The molecular formula is C15H32N2O. The standard InChI is InChI=1S/C15H32N2O/c1-5-10-18-14-8-7-9-17(11-14)13-15(3,6-2)12-16-4/h14,16H,5-13H2,1-4H3. The van der Waals surface area contributed by atoms with Gasteiger partial charge in [-0.1, -0.05) is 20.8 Å². The first-order chi connectivity index (χ1) is 8.63. The van der Waals surface area contributed by atoms with Crippen LogP contribution >= 0.6 is 0 Å². The second-order valence-corrected chi connectivity index (χ2v) is 6.06. The van der Waals surface area contributed by atoms with Crippen LogP contribution < -0.4 is 5.32 Å². The fourth-order valence-corrected chi connectivity index (χ4v) is 2.84. The van der Waals surface area contributed by atoms with Crippen LogP contribution in [0.25, 0.3) is 0 Å². The largest absolute Gasteiger partial charge is 0.377 e. The molecule has 0 bridgehead atoms. The zero-order chi connectivity index (χ0) is 13.4. The van der Waals surface area contributed by atoms with Crippen molar-refractivity contribution in [2.24, 2.45) is 5.41 Å². The Bertz CT molecular complexity index is 223. The summed E-state index contributed by atoms with van der Waals surface area (Å²) in [5, 5.41) is 3.34. The van der Waals surface area contributed by atoms with E-state index in [1.54, 1.807) is 0 Å². The lowest BCUT2D eigenvalue weighted by atomic mass is 9.86. The molecule has 1 aliphatic heterocycles. The lowest BCUT2D eigenvalue weighted by molar-refractivity contribution is -0.0105. The van der Waals surface area contributed by atoms with Gasteiger partial charge in [0.2, 0.25) is 0 Å². The molecule has 1 rings (SSSR count). The fourth-order valence-electron chi connectivity index (χ4n) is 2.84. The highest BCUT2D eigenvalue weighted by atomic mass is 16.5. The van der Waals surface area contributed by atoms with E-state index in [-0.39, 0.29) is 0 Å². The molecule has 0 saturated carbocycles. The summed E-state index contributed by atoms with van der Waals surface area (Å²) in [6, 6.07) is 0. The van der Waals surface area contributed by atoms with Gasteiger partial charge in [0.25, 0.3) is 0 Å². The van der Waals surface area contributed by atoms with Crippen LogP contribution in [0.1, 0.15) is 46.5 Å². The van der Waals surface area contributed by atoms with E-state index in [2.05, 4.69) is 38.0 Å². The Balaban J connectivity index is 2.40. The molecule has 108 valence electrons. The van der Waals surface area contributed by atoms with Crippen LogP contribution in [0.4, 0.5) is 0 Å². The van der Waals surface area contributed by atoms with Crippen molar-refractivity contribution in [2.45, 2.75) is 52.6 Å². The van der Waals surface area contributed by atoms with Gasteiger partial charge in [0, 0.05) is 26.2 Å². The SMILES string of the molecule is CCCOC1CCCN(CC(C)(CC)CNC)C1. The van der Waals surface area contributed by atoms with Crippen molar-refractivity contribution >= 4 is 0 Å². The summed E-state index contributed by atoms with van der Waals surface area (Å²) >= 11 is 0. The van der Waals surface area contributed by atoms with Crippen molar-refractivity contribution in [1.82, 2.24) is 10.2 Å². The third kappa shape index (κ3) is 5.25. The van der Waals surface area contributed by atoms with E-state index in [0.29, 0.717) is 11.5 Å². The van der Waals surface area contributed by atoms with Crippen molar-refractivity contribution < 1.29 is 4.74 Å². The summed E-state index contributed by atoms with van der Waals surface area (Å²) in [6.07, 6.45) is 5.35. The van der Waals surface area contributed by atoms with E-state index in [0.717, 1.165) is 26.1 Å². The van der Waals surface area contributed by atoms with E-state index in [1.807, 2.05) is 0 Å². The minimum absolute atomic E-state index is 0.390. The Kier molecular flexibility index (Phi) is 7.20. The molecule has 3 nitrogen and oxygen atoms in total. The van der Waals surface area contributed by atoms with Crippen LogP contribution in [-0.4, -0.2) is 50.8 Å². The van der Waals surface area contributed by atoms with Crippen LogP contribution in [0.15, 0.2) is 0 Å². The topological polar surface area (TPSA) is 24.5 Å². The van der Waals surface area contributed by atoms with E-state index in [4.69, 9.17) is 4.74 Å². The van der Waals surface area contributed by atoms with Gasteiger partial charge in [0.05, 0.1) is 6.10 Å². The number of nitrogens with zero attached hydrogens (tertiary/aromatic N) is 1. The maximum absolute atomic E-state index is 5.91. The van der Waals surface area contributed by atoms with Gasteiger partial charge in [-0.3, -0.25) is 0 Å². The van der Waals surface area contributed by atoms with Crippen LogP contribution in [0.3, 0.4) is 0 Å². The van der Waals surface area contributed by atoms with Crippen molar-refractivity contribution in [3.8, 4) is 0 Å². The van der Waals surface area contributed by atoms with E-state index < -0.39 is 0 Å². The highest BCUT2D eigenvalue weighted by Crippen LogP contribution is 2.24. The minimum atomic E-state index is 0.390. The van der Waals surface area contributed by atoms with Crippen molar-refractivity contribution in [1.29, 1.82) is 0 Å². The Hall–Kier alpha value is -0.120. The van der Waals surface area contributed by atoms with Gasteiger partial charge in [-0.25, -0.2) is 0 Å². The number of likely N-dealkylation sites (tertiary alicyclic amines) is 1. The monoisotopic (exact) mass is 256 g/mol. The Morgan fingerprint density at radius 2 is 2.17 bits per heavy atom. The highest BCUT2D eigenvalue weighted by Gasteiger charge is 2.28. The molecule has 1 N–H and O–H groups in total. The summed E-state index contributed by atoms with van der Waals surface area (Å²) in [4.78, 5) is 2.60. The Labute approximate surface area is 113 Å². The molecule has 0 aliphatic carbocycles. The zero-order valence-corrected chi connectivity index (χ0v) is 12.8. The zero-order valence-electron chi connectivity index (χ0n) is 12.8. The summed E-state index contributed by atoms with van der Waals surface area (Å²) in [6.45, 7) is 12.4. The highest BCUT2D eigenvalue weighted by molar-refractivity contribution is 4.82. The molecule has 0 aromatic rings. The van der Waals surface area contributed by atoms with Crippen LogP contribution in [-0.2, 0) is 4.74 Å². The number of ether oxygens (including phenoxy) is 1. The third-order valence-electron chi connectivity index (χ3n) is 4.08. The van der Waals surface area contributed by atoms with Crippen molar-refractivity contribution in [3.63, 3.8) is 0 Å². The number of nitrogens with one attached hydrogen (secondary N) is 1. The molecular weight excluding hydrogens is 224 g/mol. The van der Waals surface area contributed by atoms with Gasteiger partial charge in [0.15, 0.2) is 0 Å². The Morgan fingerprint density at radius 3 is 2.78 bits per heavy atom. The van der Waals surface area contributed by atoms with E-state index in [1.165, 1.54) is 32.4 Å². The molecule has 2 atom stereocenters. The first kappa shape index (κ1) is 15.9. The third-order valence-corrected chi connectivity index (χ3v) is 4.08. The predicted molar refractivity (Wildman–Crippen MR) is 78.0 cm³/mol. The molecule has 0 aromatic heterocycles. The lowest BCUT2D eigenvalue weighted by Gasteiger charge is -2.39. The van der Waals surface area contributed by atoms with Crippen molar-refractivity contribution in [3.05, 3.63) is 0 Å². The van der Waals surface area contributed by atoms with Gasteiger partial charge in [0.1, 0.15) is 0 Å². The molecule has 1 saturated heterocycles. The number of hydrogen-bond donors (Lipinski definition) is 1. The first-order valence-electron chi connectivity index (χ1n) is 7.62. The quantitative estimate of drug-likeness (QED) is 0.722. The maximum Gasteiger partial charge on any atom is 0.0702 e. The summed E-state index contributed by atoms with van der Waals surface area (Å²) in [5.74, 6) is 0. The van der Waals surface area contributed by atoms with E-state index >= 15 is 0 Å². The molecule has 1 fully saturated rings. The number of hydrogen-bond acceptors (Lipinski definition) is 3. The molecule has 0 amide bonds. The average molecular weight is 256 g/mol. The first-order valence-corrected chi connectivity index (χ1v) is 7.62. The Morgan fingerprint density at radius 1 is 1.39 bits per heavy atom. The average Bonchev–Trinajstić information content (AvgIpc) is 2.37. The fraction of sp³-hybridized carbons (Fsp3) is 1.00. The molecule has 0 spiro atoms. The predicted octanol–water partition coefficient (Wildman–Crippen LogP) is 2.51. The summed E-state index contributed by atoms with van der Waals surface area (Å²) in [5.41, 5.74) is 0.390. The lowest BCUT2D eigenvalue weighted by Crippen LogP contribution is -2.47. The molecule has 18 heavy (non-hydrogen) atoms. The van der Waals surface area contributed by atoms with Gasteiger partial charge < -0.3 is 15.0 Å². The van der Waals surface area contributed by atoms with Crippen molar-refractivity contribution in [2.75, 3.05) is 39.8 Å². The van der Waals surface area contributed by atoms with Crippen LogP contribution in [0.2, 0.25) is 0 Å². The minimum Gasteiger partial charge on any atom is -0.377 e. The molecule has 2 unspecified atom stereocenters. The maximum atomic E-state index is 5.91. The molecule has 0 aromatic carbocycles. The smallest absolute Gasteiger partial charge is 0.0702 e. The van der Waals surface area contributed by atoms with Gasteiger partial charge >= 0.3 is 0 Å². The van der Waals surface area contributed by atoms with Gasteiger partial charge in [-0.2, -0.15) is 0 Å². The second kappa shape index (κ2) is 8.13. The van der Waals surface area contributed by atoms with Crippen LogP contribution in [0.5, 0.6) is 0 Å². The molecule has 0 radical (unpaired) electrons. The molecule has 1 aliphatic rings. The normalized spacial score (nSPS) is 25.0. The van der Waals surface area contributed by atoms with Gasteiger partial charge in [-0.15, -0.1) is 0 Å². The van der Waals surface area contributed by atoms with Crippen LogP contribution in [0, 0.1) is 5.41 Å². The number of rotatable bonds is 8. The molecule has 1 heterocycles. The molecule has 3 heteroatoms. The summed E-state index contributed by atoms with van der Waals surface area (Å²) in [7, 11) is 2.05. The summed E-state index contributed by atoms with van der Waals surface area (Å²) < 4.78 is 5.91. The van der Waals surface area contributed by atoms with Gasteiger partial charge in [-0.05, 0) is 44.7 Å². The van der Waals surface area contributed by atoms with E-state index in [9.17, 15) is 0 Å². The number of piperidine rings is 1. The second-order valence-electron chi connectivity index (χ2n) is 6.06.